The average Bonchev–Trinajstić information content (AvgIpc) is 3.61. The van der Waals surface area contributed by atoms with Crippen molar-refractivity contribution in [3.05, 3.63) is 71.9 Å². The number of hydrogen-bond acceptors (Lipinski definition) is 8. The fraction of sp³-hybridized carbons (Fsp3) is 0.308. The Bertz CT molecular complexity index is 1270. The van der Waals surface area contributed by atoms with E-state index in [1.165, 1.54) is 0 Å². The van der Waals surface area contributed by atoms with Crippen LogP contribution in [0.5, 0.6) is 0 Å². The molecule has 2 aromatic carbocycles. The molecule has 9 nitrogen and oxygen atoms in total. The van der Waals surface area contributed by atoms with E-state index in [9.17, 15) is 10.2 Å². The molecule has 180 valence electrons. The molecular weight excluding hydrogens is 444 g/mol. The summed E-state index contributed by atoms with van der Waals surface area (Å²) >= 11 is 0. The van der Waals surface area contributed by atoms with Gasteiger partial charge in [-0.05, 0) is 36.8 Å². The Labute approximate surface area is 203 Å². The number of aliphatic hydroxyl groups excluding tert-OH is 2. The van der Waals surface area contributed by atoms with E-state index in [-0.39, 0.29) is 0 Å². The van der Waals surface area contributed by atoms with Gasteiger partial charge >= 0.3 is 0 Å². The molecule has 0 bridgehead atoms. The van der Waals surface area contributed by atoms with Crippen LogP contribution in [0, 0.1) is 0 Å². The molecule has 35 heavy (non-hydrogen) atoms. The molecule has 9 heteroatoms. The third-order valence-electron chi connectivity index (χ3n) is 6.70. The number of anilines is 1. The van der Waals surface area contributed by atoms with Crippen molar-refractivity contribution in [3.63, 3.8) is 0 Å². The lowest BCUT2D eigenvalue weighted by atomic mass is 10.0. The fourth-order valence-electron chi connectivity index (χ4n) is 4.84. The second kappa shape index (κ2) is 8.84. The van der Waals surface area contributed by atoms with Crippen LogP contribution in [-0.4, -0.2) is 63.4 Å². The van der Waals surface area contributed by atoms with Gasteiger partial charge in [-0.3, -0.25) is 15.4 Å². The minimum absolute atomic E-state index is 0.465. The van der Waals surface area contributed by atoms with Gasteiger partial charge in [0.1, 0.15) is 30.2 Å². The predicted octanol–water partition coefficient (Wildman–Crippen LogP) is 2.65. The minimum atomic E-state index is -1.03. The van der Waals surface area contributed by atoms with E-state index in [1.807, 2.05) is 58.2 Å². The molecule has 1 fully saturated rings. The largest absolute Gasteiger partial charge is 0.388 e. The Kier molecular flexibility index (Phi) is 5.52. The molecule has 0 radical (unpaired) electrons. The lowest BCUT2D eigenvalue weighted by Gasteiger charge is -2.26. The highest BCUT2D eigenvalue weighted by molar-refractivity contribution is 6.00. The standard InChI is InChI=1S/C26H28N6O3/c1-16-22(33)23(34)26(35-16)32-14-20(17-5-3-2-4-6-17)21-13-31(15-29-25(21)32)30-19-9-7-18(8-10-19)24-27-11-12-28-24/h2-10,14-16,22-23,26,30,33-34H,11-13H2,1H3,(H,27,28)/t16-,22-,23-,26-/m1/s1. The van der Waals surface area contributed by atoms with Gasteiger partial charge in [0.2, 0.25) is 0 Å². The molecule has 4 N–H and O–H groups in total. The van der Waals surface area contributed by atoms with Crippen LogP contribution in [0.15, 0.2) is 70.8 Å². The van der Waals surface area contributed by atoms with E-state index in [0.29, 0.717) is 12.4 Å². The van der Waals surface area contributed by atoms with Crippen LogP contribution in [0.2, 0.25) is 0 Å². The van der Waals surface area contributed by atoms with Gasteiger partial charge < -0.3 is 24.8 Å². The van der Waals surface area contributed by atoms with Crippen molar-refractivity contribution in [2.24, 2.45) is 9.98 Å². The summed E-state index contributed by atoms with van der Waals surface area (Å²) in [7, 11) is 0. The van der Waals surface area contributed by atoms with Gasteiger partial charge in [-0.15, -0.1) is 0 Å². The number of rotatable bonds is 5. The zero-order valence-electron chi connectivity index (χ0n) is 19.4. The summed E-state index contributed by atoms with van der Waals surface area (Å²) in [4.78, 5) is 9.20. The van der Waals surface area contributed by atoms with Crippen molar-refractivity contribution in [1.29, 1.82) is 0 Å². The Hall–Kier alpha value is -3.66. The van der Waals surface area contributed by atoms with Gasteiger partial charge in [0.25, 0.3) is 0 Å². The first-order chi connectivity index (χ1) is 17.1. The number of amidine groups is 1. The summed E-state index contributed by atoms with van der Waals surface area (Å²) in [5, 5.41) is 26.1. The summed E-state index contributed by atoms with van der Waals surface area (Å²) < 4.78 is 7.75. The predicted molar refractivity (Wildman–Crippen MR) is 135 cm³/mol. The molecule has 3 aromatic rings. The van der Waals surface area contributed by atoms with Crippen LogP contribution in [-0.2, 0) is 11.3 Å². The van der Waals surface area contributed by atoms with E-state index < -0.39 is 24.5 Å². The number of aliphatic imine (C=N–C) groups is 2. The van der Waals surface area contributed by atoms with Gasteiger partial charge in [-0.2, -0.15) is 0 Å². The molecule has 6 rings (SSSR count). The van der Waals surface area contributed by atoms with Crippen molar-refractivity contribution in [2.45, 2.75) is 38.0 Å². The summed E-state index contributed by atoms with van der Waals surface area (Å²) in [6.07, 6.45) is 0.552. The van der Waals surface area contributed by atoms with Crippen LogP contribution in [0.4, 0.5) is 11.5 Å². The highest BCUT2D eigenvalue weighted by atomic mass is 16.6. The number of aromatic nitrogens is 1. The number of nitrogens with one attached hydrogen (secondary N) is 2. The molecule has 0 amide bonds. The molecular formula is C26H28N6O3. The highest BCUT2D eigenvalue weighted by Gasteiger charge is 2.42. The van der Waals surface area contributed by atoms with Crippen molar-refractivity contribution in [3.8, 4) is 11.1 Å². The maximum atomic E-state index is 10.6. The number of hydrazine groups is 1. The number of fused-ring (bicyclic) bond motifs is 1. The van der Waals surface area contributed by atoms with Crippen LogP contribution in [0.1, 0.15) is 24.3 Å². The van der Waals surface area contributed by atoms with E-state index in [2.05, 4.69) is 27.9 Å². The molecule has 1 aromatic heterocycles. The Balaban J connectivity index is 1.29. The van der Waals surface area contributed by atoms with E-state index in [4.69, 9.17) is 9.73 Å². The first-order valence-corrected chi connectivity index (χ1v) is 11.9. The summed E-state index contributed by atoms with van der Waals surface area (Å²) in [6, 6.07) is 18.2. The molecule has 0 spiro atoms. The average molecular weight is 473 g/mol. The second-order valence-corrected chi connectivity index (χ2v) is 9.05. The monoisotopic (exact) mass is 472 g/mol. The Morgan fingerprint density at radius 3 is 2.51 bits per heavy atom. The van der Waals surface area contributed by atoms with E-state index >= 15 is 0 Å². The first kappa shape index (κ1) is 21.8. The number of benzene rings is 2. The topological polar surface area (TPSA) is 107 Å². The molecule has 0 aliphatic carbocycles. The van der Waals surface area contributed by atoms with Crippen LogP contribution in [0.3, 0.4) is 0 Å². The fourth-order valence-corrected chi connectivity index (χ4v) is 4.84. The third kappa shape index (κ3) is 3.97. The third-order valence-corrected chi connectivity index (χ3v) is 6.70. The van der Waals surface area contributed by atoms with Crippen LogP contribution >= 0.6 is 0 Å². The van der Waals surface area contributed by atoms with Gasteiger partial charge in [0.05, 0.1) is 24.9 Å². The Morgan fingerprint density at radius 2 is 1.83 bits per heavy atom. The molecule has 0 unspecified atom stereocenters. The highest BCUT2D eigenvalue weighted by Crippen LogP contribution is 2.41. The summed E-state index contributed by atoms with van der Waals surface area (Å²) in [5.41, 5.74) is 8.49. The zero-order chi connectivity index (χ0) is 23.9. The smallest absolute Gasteiger partial charge is 0.164 e. The van der Waals surface area contributed by atoms with Gasteiger partial charge in [-0.25, -0.2) is 4.99 Å². The quantitative estimate of drug-likeness (QED) is 0.455. The minimum Gasteiger partial charge on any atom is -0.388 e. The van der Waals surface area contributed by atoms with Crippen LogP contribution in [0.25, 0.3) is 11.1 Å². The number of ether oxygens (including phenoxy) is 1. The second-order valence-electron chi connectivity index (χ2n) is 9.05. The lowest BCUT2D eigenvalue weighted by molar-refractivity contribution is -0.0308. The van der Waals surface area contributed by atoms with Gasteiger partial charge in [0, 0.05) is 29.4 Å². The van der Waals surface area contributed by atoms with Gasteiger partial charge in [0.15, 0.2) is 6.23 Å². The SMILES string of the molecule is C[C@H]1O[C@@H](n2cc(-c3ccccc3)c3c2N=CN(Nc2ccc(C4=NCCN4)cc2)C3)[C@H](O)[C@@H]1O. The van der Waals surface area contributed by atoms with E-state index in [0.717, 1.165) is 46.9 Å². The summed E-state index contributed by atoms with van der Waals surface area (Å²) in [6.45, 7) is 4.02. The zero-order valence-corrected chi connectivity index (χ0v) is 19.4. The van der Waals surface area contributed by atoms with Crippen LogP contribution < -0.4 is 10.7 Å². The van der Waals surface area contributed by atoms with Crippen molar-refractivity contribution >= 4 is 23.7 Å². The lowest BCUT2D eigenvalue weighted by Crippen LogP contribution is -2.31. The molecule has 1 saturated heterocycles. The van der Waals surface area contributed by atoms with Crippen molar-refractivity contribution in [2.75, 3.05) is 18.5 Å². The first-order valence-electron chi connectivity index (χ1n) is 11.9. The number of nitrogens with zero attached hydrogens (tertiary/aromatic N) is 4. The number of aliphatic hydroxyl groups is 2. The Morgan fingerprint density at radius 1 is 1.03 bits per heavy atom. The molecule has 4 heterocycles. The maximum Gasteiger partial charge on any atom is 0.164 e. The number of hydrogen-bond donors (Lipinski definition) is 4. The maximum absolute atomic E-state index is 10.6. The summed E-state index contributed by atoms with van der Waals surface area (Å²) in [5.74, 6) is 1.65. The molecule has 4 atom stereocenters. The van der Waals surface area contributed by atoms with Crippen molar-refractivity contribution in [1.82, 2.24) is 14.9 Å². The molecule has 0 saturated carbocycles. The van der Waals surface area contributed by atoms with E-state index in [1.54, 1.807) is 13.3 Å². The normalized spacial score (nSPS) is 25.3. The van der Waals surface area contributed by atoms with Gasteiger partial charge in [-0.1, -0.05) is 30.3 Å². The molecule has 3 aliphatic heterocycles. The van der Waals surface area contributed by atoms with Crippen molar-refractivity contribution < 1.29 is 14.9 Å². The molecule has 3 aliphatic rings.